The zero-order valence-corrected chi connectivity index (χ0v) is 42.5. The van der Waals surface area contributed by atoms with E-state index < -0.39 is 18.2 Å². The first kappa shape index (κ1) is 61.4. The number of hydrogen-bond acceptors (Lipinski definition) is 4. The minimum Gasteiger partial charge on any atom is -0.394 e. The summed E-state index contributed by atoms with van der Waals surface area (Å²) in [6.45, 7) is 4.31. The molecule has 0 aromatic rings. The molecule has 372 valence electrons. The van der Waals surface area contributed by atoms with Gasteiger partial charge < -0.3 is 20.6 Å². The first-order chi connectivity index (χ1) is 30.5. The fourth-order valence-electron chi connectivity index (χ4n) is 9.53. The van der Waals surface area contributed by atoms with Gasteiger partial charge in [-0.1, -0.05) is 316 Å². The number of unbranched alkanes of at least 4 members (excludes halogenated alkanes) is 45. The van der Waals surface area contributed by atoms with E-state index in [0.29, 0.717) is 12.8 Å². The second-order valence-electron chi connectivity index (χ2n) is 20.3. The van der Waals surface area contributed by atoms with Gasteiger partial charge in [-0.25, -0.2) is 0 Å². The highest BCUT2D eigenvalue weighted by Gasteiger charge is 2.21. The van der Waals surface area contributed by atoms with E-state index in [1.54, 1.807) is 0 Å². The van der Waals surface area contributed by atoms with E-state index in [1.165, 1.54) is 276 Å². The van der Waals surface area contributed by atoms with Crippen molar-refractivity contribution in [1.29, 1.82) is 0 Å². The summed E-state index contributed by atoms with van der Waals surface area (Å²) in [5, 5.41) is 33.7. The second-order valence-corrected chi connectivity index (χ2v) is 20.3. The fourth-order valence-corrected chi connectivity index (χ4v) is 9.53. The molecule has 0 saturated heterocycles. The molecule has 4 N–H and O–H groups in total. The lowest BCUT2D eigenvalue weighted by Gasteiger charge is -2.23. The molecule has 0 heterocycles. The first-order valence-corrected chi connectivity index (χ1v) is 28.8. The normalized spacial score (nSPS) is 13.2. The van der Waals surface area contributed by atoms with Crippen LogP contribution in [0.2, 0.25) is 0 Å². The van der Waals surface area contributed by atoms with Crippen LogP contribution in [0.1, 0.15) is 335 Å². The third-order valence-corrected chi connectivity index (χ3v) is 13.9. The van der Waals surface area contributed by atoms with Crippen LogP contribution >= 0.6 is 0 Å². The summed E-state index contributed by atoms with van der Waals surface area (Å²) >= 11 is 0. The van der Waals surface area contributed by atoms with Gasteiger partial charge in [-0.2, -0.15) is 0 Å². The minimum absolute atomic E-state index is 0.0437. The predicted octanol–water partition coefficient (Wildman–Crippen LogP) is 17.7. The van der Waals surface area contributed by atoms with Crippen molar-refractivity contribution in [3.63, 3.8) is 0 Å². The van der Waals surface area contributed by atoms with Crippen LogP contribution in [0.5, 0.6) is 0 Å². The van der Waals surface area contributed by atoms with Crippen LogP contribution in [0.25, 0.3) is 0 Å². The van der Waals surface area contributed by atoms with E-state index in [-0.39, 0.29) is 18.9 Å². The number of carbonyl (C=O) groups excluding carboxylic acids is 1. The number of nitrogens with one attached hydrogen (secondary N) is 1. The quantitative estimate of drug-likeness (QED) is 0.0458. The highest BCUT2D eigenvalue weighted by molar-refractivity contribution is 5.76. The maximum atomic E-state index is 12.5. The third-order valence-electron chi connectivity index (χ3n) is 13.9. The molecule has 3 atom stereocenters. The number of aliphatic hydroxyl groups excluding tert-OH is 3. The van der Waals surface area contributed by atoms with E-state index in [9.17, 15) is 20.1 Å². The monoisotopic (exact) mass is 878 g/mol. The van der Waals surface area contributed by atoms with Crippen LogP contribution in [-0.4, -0.2) is 46.1 Å². The molecular formula is C57H115NO4. The smallest absolute Gasteiger partial charge is 0.222 e. The maximum absolute atomic E-state index is 12.5. The fraction of sp³-hybridized carbons (Fsp3) is 0.982. The van der Waals surface area contributed by atoms with Crippen molar-refractivity contribution in [2.24, 2.45) is 0 Å². The largest absolute Gasteiger partial charge is 0.394 e. The summed E-state index contributed by atoms with van der Waals surface area (Å²) in [5.74, 6) is -0.274. The van der Waals surface area contributed by atoms with E-state index in [1.807, 2.05) is 0 Å². The summed E-state index contributed by atoms with van der Waals surface area (Å²) in [4.78, 5) is 12.5. The maximum Gasteiger partial charge on any atom is 0.222 e. The Bertz CT molecular complexity index is 838. The van der Waals surface area contributed by atoms with Gasteiger partial charge in [0.1, 0.15) is 0 Å². The molecular weight excluding hydrogens is 763 g/mol. The standard InChI is InChI=1S/C57H115NO4/c1-3-5-7-9-11-13-15-17-19-21-23-25-27-29-30-32-34-36-38-40-42-44-46-48-50-54(60)52-57(62)58-55(53-59)56(61)51-49-47-45-43-41-39-37-35-33-31-28-26-24-22-20-18-16-14-12-10-8-6-4-2/h54-56,59-61H,3-53H2,1-2H3,(H,58,62). The van der Waals surface area contributed by atoms with E-state index in [4.69, 9.17) is 0 Å². The zero-order valence-electron chi connectivity index (χ0n) is 42.5. The van der Waals surface area contributed by atoms with Crippen molar-refractivity contribution >= 4 is 5.91 Å². The SMILES string of the molecule is CCCCCCCCCCCCCCCCCCCCCCCCCCC(O)CC(=O)NC(CO)C(O)CCCCCCCCCCCCCCCCCCCCCCCCC. The molecule has 0 radical (unpaired) electrons. The molecule has 0 saturated carbocycles. The van der Waals surface area contributed by atoms with Crippen molar-refractivity contribution in [1.82, 2.24) is 5.32 Å². The highest BCUT2D eigenvalue weighted by atomic mass is 16.3. The van der Waals surface area contributed by atoms with Gasteiger partial charge in [0.25, 0.3) is 0 Å². The summed E-state index contributed by atoms with van der Waals surface area (Å²) in [6.07, 6.45) is 64.1. The Morgan fingerprint density at radius 3 is 0.774 bits per heavy atom. The van der Waals surface area contributed by atoms with Gasteiger partial charge in [0, 0.05) is 0 Å². The van der Waals surface area contributed by atoms with Gasteiger partial charge in [-0.05, 0) is 12.8 Å². The molecule has 0 spiro atoms. The lowest BCUT2D eigenvalue weighted by Crippen LogP contribution is -2.46. The first-order valence-electron chi connectivity index (χ1n) is 28.8. The Hall–Kier alpha value is -0.650. The molecule has 3 unspecified atom stereocenters. The molecule has 1 amide bonds. The molecule has 0 aromatic carbocycles. The molecule has 0 rings (SSSR count). The Morgan fingerprint density at radius 1 is 0.339 bits per heavy atom. The van der Waals surface area contributed by atoms with Gasteiger partial charge in [0.15, 0.2) is 0 Å². The van der Waals surface area contributed by atoms with Gasteiger partial charge in [-0.3, -0.25) is 4.79 Å². The van der Waals surface area contributed by atoms with Gasteiger partial charge >= 0.3 is 0 Å². The minimum atomic E-state index is -0.745. The van der Waals surface area contributed by atoms with Crippen LogP contribution in [-0.2, 0) is 4.79 Å². The number of hydrogen-bond donors (Lipinski definition) is 4. The highest BCUT2D eigenvalue weighted by Crippen LogP contribution is 2.19. The zero-order chi connectivity index (χ0) is 45.1. The van der Waals surface area contributed by atoms with Crippen LogP contribution in [0.15, 0.2) is 0 Å². The Labute approximate surface area is 389 Å². The molecule has 0 aliphatic heterocycles. The number of aliphatic hydroxyl groups is 3. The Morgan fingerprint density at radius 2 is 0.548 bits per heavy atom. The third kappa shape index (κ3) is 48.8. The molecule has 0 aliphatic rings. The van der Waals surface area contributed by atoms with Crippen molar-refractivity contribution in [3.05, 3.63) is 0 Å². The summed E-state index contributed by atoms with van der Waals surface area (Å²) in [5.41, 5.74) is 0. The number of carbonyl (C=O) groups is 1. The van der Waals surface area contributed by atoms with Crippen LogP contribution in [0.4, 0.5) is 0 Å². The lowest BCUT2D eigenvalue weighted by atomic mass is 10.0. The van der Waals surface area contributed by atoms with E-state index in [2.05, 4.69) is 19.2 Å². The van der Waals surface area contributed by atoms with Crippen molar-refractivity contribution in [3.8, 4) is 0 Å². The predicted molar refractivity (Wildman–Crippen MR) is 273 cm³/mol. The van der Waals surface area contributed by atoms with Gasteiger partial charge in [0.2, 0.25) is 5.91 Å². The summed E-state index contributed by atoms with van der Waals surface area (Å²) in [7, 11) is 0. The van der Waals surface area contributed by atoms with Crippen molar-refractivity contribution < 1.29 is 20.1 Å². The number of rotatable bonds is 54. The topological polar surface area (TPSA) is 89.8 Å². The molecule has 5 heteroatoms. The van der Waals surface area contributed by atoms with Gasteiger partial charge in [0.05, 0.1) is 31.3 Å². The second kappa shape index (κ2) is 53.0. The molecule has 0 aliphatic carbocycles. The average Bonchev–Trinajstić information content (AvgIpc) is 3.27. The molecule has 0 fully saturated rings. The summed E-state index contributed by atoms with van der Waals surface area (Å²) in [6, 6.07) is -0.654. The van der Waals surface area contributed by atoms with Gasteiger partial charge in [-0.15, -0.1) is 0 Å². The molecule has 0 aromatic heterocycles. The average molecular weight is 879 g/mol. The van der Waals surface area contributed by atoms with Crippen LogP contribution in [0, 0.1) is 0 Å². The Balaban J connectivity index is 3.48. The van der Waals surface area contributed by atoms with E-state index in [0.717, 1.165) is 25.7 Å². The number of amides is 1. The van der Waals surface area contributed by atoms with Crippen molar-refractivity contribution in [2.75, 3.05) is 6.61 Å². The molecule has 5 nitrogen and oxygen atoms in total. The van der Waals surface area contributed by atoms with E-state index >= 15 is 0 Å². The van der Waals surface area contributed by atoms with Crippen LogP contribution < -0.4 is 5.32 Å². The molecule has 0 bridgehead atoms. The molecule has 62 heavy (non-hydrogen) atoms. The Kier molecular flexibility index (Phi) is 52.4. The summed E-state index contributed by atoms with van der Waals surface area (Å²) < 4.78 is 0. The van der Waals surface area contributed by atoms with Crippen molar-refractivity contribution in [2.45, 2.75) is 353 Å². The van der Waals surface area contributed by atoms with Crippen LogP contribution in [0.3, 0.4) is 0 Å². The lowest BCUT2D eigenvalue weighted by molar-refractivity contribution is -0.125.